The number of aryl methyl sites for hydroxylation is 2. The van der Waals surface area contributed by atoms with Crippen molar-refractivity contribution in [1.82, 2.24) is 14.7 Å². The molecule has 2 aromatic heterocycles. The first-order chi connectivity index (χ1) is 17.8. The molecular formula is C26H27N5O4S2. The molecule has 0 radical (unpaired) electrons. The summed E-state index contributed by atoms with van der Waals surface area (Å²) in [4.78, 5) is 44.5. The SMILES string of the molecule is CCOC(=O)c1c(-c2ccccc2)csc1NC(=O)CSC1=N/C(=C/c2cn(C)nc2C)C(=O)N1CC. The van der Waals surface area contributed by atoms with Crippen molar-refractivity contribution < 1.29 is 19.1 Å². The number of thioether (sulfide) groups is 1. The Labute approximate surface area is 223 Å². The first-order valence-electron chi connectivity index (χ1n) is 11.7. The topological polar surface area (TPSA) is 106 Å². The van der Waals surface area contributed by atoms with Gasteiger partial charge in [0, 0.05) is 36.3 Å². The van der Waals surface area contributed by atoms with Crippen LogP contribution in [-0.2, 0) is 21.4 Å². The maximum Gasteiger partial charge on any atom is 0.341 e. The quantitative estimate of drug-likeness (QED) is 0.333. The number of esters is 1. The summed E-state index contributed by atoms with van der Waals surface area (Å²) in [5.41, 5.74) is 3.80. The van der Waals surface area contributed by atoms with Gasteiger partial charge in [-0.25, -0.2) is 9.79 Å². The fraction of sp³-hybridized carbons (Fsp3) is 0.269. The summed E-state index contributed by atoms with van der Waals surface area (Å²) in [5, 5.41) is 9.85. The summed E-state index contributed by atoms with van der Waals surface area (Å²) in [5.74, 6) is -1.01. The van der Waals surface area contributed by atoms with E-state index in [0.717, 1.165) is 16.8 Å². The Kier molecular flexibility index (Phi) is 8.24. The minimum absolute atomic E-state index is 0.0165. The molecule has 1 N–H and O–H groups in total. The molecule has 2 amide bonds. The number of rotatable bonds is 8. The number of amides is 2. The molecule has 3 heterocycles. The van der Waals surface area contributed by atoms with Crippen molar-refractivity contribution in [2.45, 2.75) is 20.8 Å². The van der Waals surface area contributed by atoms with Crippen molar-refractivity contribution in [3.05, 3.63) is 64.4 Å². The molecule has 1 aromatic carbocycles. The smallest absolute Gasteiger partial charge is 0.341 e. The summed E-state index contributed by atoms with van der Waals surface area (Å²) in [7, 11) is 1.82. The third kappa shape index (κ3) is 5.83. The summed E-state index contributed by atoms with van der Waals surface area (Å²) < 4.78 is 6.94. The minimum atomic E-state index is -0.492. The molecule has 0 unspecified atom stereocenters. The zero-order valence-corrected chi connectivity index (χ0v) is 22.6. The molecule has 1 aliphatic rings. The molecule has 1 aliphatic heterocycles. The second-order valence-corrected chi connectivity index (χ2v) is 9.92. The monoisotopic (exact) mass is 537 g/mol. The Morgan fingerprint density at radius 3 is 2.62 bits per heavy atom. The van der Waals surface area contributed by atoms with Gasteiger partial charge in [-0.05, 0) is 32.4 Å². The van der Waals surface area contributed by atoms with Crippen LogP contribution in [0.15, 0.2) is 52.6 Å². The second kappa shape index (κ2) is 11.6. The maximum absolute atomic E-state index is 12.9. The van der Waals surface area contributed by atoms with Gasteiger partial charge in [0.05, 0.1) is 18.1 Å². The lowest BCUT2D eigenvalue weighted by atomic mass is 10.0. The Morgan fingerprint density at radius 1 is 1.22 bits per heavy atom. The molecule has 0 saturated heterocycles. The van der Waals surface area contributed by atoms with Crippen LogP contribution in [0.25, 0.3) is 17.2 Å². The standard InChI is InChI=1S/C26H27N5O4S2/c1-5-31-24(33)20(12-18-13-30(4)29-16(18)3)27-26(31)37-15-21(32)28-23-22(25(34)35-6-2)19(14-36-23)17-10-8-7-9-11-17/h7-14H,5-6,15H2,1-4H3,(H,28,32)/b20-12+. The van der Waals surface area contributed by atoms with Crippen molar-refractivity contribution in [1.29, 1.82) is 0 Å². The number of hydrogen-bond donors (Lipinski definition) is 1. The van der Waals surface area contributed by atoms with Gasteiger partial charge in [0.15, 0.2) is 5.17 Å². The summed E-state index contributed by atoms with van der Waals surface area (Å²) in [6, 6.07) is 9.47. The Morgan fingerprint density at radius 2 is 1.97 bits per heavy atom. The molecule has 192 valence electrons. The van der Waals surface area contributed by atoms with Crippen LogP contribution in [0.4, 0.5) is 5.00 Å². The molecule has 0 atom stereocenters. The van der Waals surface area contributed by atoms with Gasteiger partial charge in [-0.1, -0.05) is 42.1 Å². The highest BCUT2D eigenvalue weighted by atomic mass is 32.2. The summed E-state index contributed by atoms with van der Waals surface area (Å²) in [6.07, 6.45) is 3.54. The number of ether oxygens (including phenoxy) is 1. The number of aliphatic imine (C=N–C) groups is 1. The number of hydrogen-bond acceptors (Lipinski definition) is 8. The van der Waals surface area contributed by atoms with E-state index in [2.05, 4.69) is 15.4 Å². The van der Waals surface area contributed by atoms with Crippen LogP contribution in [0.5, 0.6) is 0 Å². The van der Waals surface area contributed by atoms with E-state index in [9.17, 15) is 14.4 Å². The van der Waals surface area contributed by atoms with Crippen molar-refractivity contribution in [3.8, 4) is 11.1 Å². The number of thiophene rings is 1. The number of aromatic nitrogens is 2. The molecule has 4 rings (SSSR count). The van der Waals surface area contributed by atoms with Crippen LogP contribution in [0.3, 0.4) is 0 Å². The average Bonchev–Trinajstić information content (AvgIpc) is 3.53. The lowest BCUT2D eigenvalue weighted by Gasteiger charge is -2.14. The summed E-state index contributed by atoms with van der Waals surface area (Å²) >= 11 is 2.44. The normalized spacial score (nSPS) is 14.3. The van der Waals surface area contributed by atoms with Crippen molar-refractivity contribution in [2.75, 3.05) is 24.2 Å². The molecule has 0 bridgehead atoms. The van der Waals surface area contributed by atoms with E-state index in [0.29, 0.717) is 33.5 Å². The predicted molar refractivity (Wildman–Crippen MR) is 148 cm³/mol. The first kappa shape index (κ1) is 26.4. The van der Waals surface area contributed by atoms with E-state index in [1.807, 2.05) is 62.8 Å². The predicted octanol–water partition coefficient (Wildman–Crippen LogP) is 4.56. The highest BCUT2D eigenvalue weighted by molar-refractivity contribution is 8.14. The summed E-state index contributed by atoms with van der Waals surface area (Å²) in [6.45, 7) is 6.11. The number of nitrogens with zero attached hydrogens (tertiary/aromatic N) is 4. The third-order valence-corrected chi connectivity index (χ3v) is 7.38. The van der Waals surface area contributed by atoms with Crippen LogP contribution in [0, 0.1) is 6.92 Å². The lowest BCUT2D eigenvalue weighted by molar-refractivity contribution is -0.122. The number of likely N-dealkylation sites (N-methyl/N-ethyl adjacent to an activating group) is 1. The van der Waals surface area contributed by atoms with Crippen molar-refractivity contribution >= 4 is 57.1 Å². The Balaban J connectivity index is 1.50. The molecule has 3 aromatic rings. The average molecular weight is 538 g/mol. The molecule has 11 heteroatoms. The Hall–Kier alpha value is -3.70. The van der Waals surface area contributed by atoms with Gasteiger partial charge < -0.3 is 10.1 Å². The van der Waals surface area contributed by atoms with Gasteiger partial charge in [-0.15, -0.1) is 11.3 Å². The van der Waals surface area contributed by atoms with E-state index < -0.39 is 5.97 Å². The third-order valence-electron chi connectivity index (χ3n) is 5.51. The number of anilines is 1. The molecule has 9 nitrogen and oxygen atoms in total. The zero-order valence-electron chi connectivity index (χ0n) is 21.0. The van der Waals surface area contributed by atoms with E-state index in [-0.39, 0.29) is 24.2 Å². The zero-order chi connectivity index (χ0) is 26.5. The van der Waals surface area contributed by atoms with Gasteiger partial charge in [0.2, 0.25) is 5.91 Å². The minimum Gasteiger partial charge on any atom is -0.462 e. The molecular weight excluding hydrogens is 510 g/mol. The number of amidine groups is 1. The fourth-order valence-electron chi connectivity index (χ4n) is 3.81. The second-order valence-electron chi connectivity index (χ2n) is 8.09. The van der Waals surface area contributed by atoms with Crippen molar-refractivity contribution in [2.24, 2.45) is 12.0 Å². The maximum atomic E-state index is 12.9. The molecule has 0 fully saturated rings. The molecule has 37 heavy (non-hydrogen) atoms. The van der Waals surface area contributed by atoms with Gasteiger partial charge in [-0.3, -0.25) is 19.2 Å². The van der Waals surface area contributed by atoms with E-state index >= 15 is 0 Å². The van der Waals surface area contributed by atoms with E-state index in [1.54, 1.807) is 17.7 Å². The van der Waals surface area contributed by atoms with Crippen molar-refractivity contribution in [3.63, 3.8) is 0 Å². The number of nitrogens with one attached hydrogen (secondary N) is 1. The number of carbonyl (C=O) groups is 3. The van der Waals surface area contributed by atoms with Crippen LogP contribution in [0.2, 0.25) is 0 Å². The molecule has 0 aliphatic carbocycles. The van der Waals surface area contributed by atoms with Gasteiger partial charge in [0.1, 0.15) is 16.3 Å². The number of benzene rings is 1. The Bertz CT molecular complexity index is 1390. The van der Waals surface area contributed by atoms with E-state index in [1.165, 1.54) is 28.0 Å². The van der Waals surface area contributed by atoms with Gasteiger partial charge >= 0.3 is 5.97 Å². The lowest BCUT2D eigenvalue weighted by Crippen LogP contribution is -2.31. The highest BCUT2D eigenvalue weighted by Gasteiger charge is 2.30. The largest absolute Gasteiger partial charge is 0.462 e. The van der Waals surface area contributed by atoms with Crippen LogP contribution < -0.4 is 5.32 Å². The van der Waals surface area contributed by atoms with Gasteiger partial charge in [-0.2, -0.15) is 5.10 Å². The van der Waals surface area contributed by atoms with E-state index in [4.69, 9.17) is 4.74 Å². The van der Waals surface area contributed by atoms with Crippen LogP contribution in [0.1, 0.15) is 35.5 Å². The highest BCUT2D eigenvalue weighted by Crippen LogP contribution is 2.36. The fourth-order valence-corrected chi connectivity index (χ4v) is 5.64. The van der Waals surface area contributed by atoms with Gasteiger partial charge in [0.25, 0.3) is 5.91 Å². The molecule has 0 saturated carbocycles. The van der Waals surface area contributed by atoms with Crippen LogP contribution >= 0.6 is 23.1 Å². The first-order valence-corrected chi connectivity index (χ1v) is 13.6. The molecule has 0 spiro atoms. The van der Waals surface area contributed by atoms with Crippen LogP contribution in [-0.4, -0.2) is 56.5 Å². The number of carbonyl (C=O) groups excluding carboxylic acids is 3.